The molecule has 2 aliphatic rings. The van der Waals surface area contributed by atoms with Gasteiger partial charge in [-0.15, -0.1) is 11.3 Å². The average Bonchev–Trinajstić information content (AvgIpc) is 3.45. The molecule has 2 saturated heterocycles. The lowest BCUT2D eigenvalue weighted by molar-refractivity contribution is -0.387. The van der Waals surface area contributed by atoms with Crippen molar-refractivity contribution in [1.82, 2.24) is 19.8 Å². The largest absolute Gasteiger partial charge is 0.353 e. The van der Waals surface area contributed by atoms with E-state index >= 15 is 0 Å². The number of hydrogen-bond acceptors (Lipinski definition) is 8. The molecule has 0 bridgehead atoms. The molecule has 2 aliphatic heterocycles. The number of nitro groups is 1. The molecular weight excluding hydrogens is 513 g/mol. The van der Waals surface area contributed by atoms with E-state index < -0.39 is 22.3 Å². The first-order valence-corrected chi connectivity index (χ1v) is 13.2. The summed E-state index contributed by atoms with van der Waals surface area (Å²) in [6.07, 6.45) is 3.27. The maximum absolute atomic E-state index is 13.6. The zero-order valence-corrected chi connectivity index (χ0v) is 21.3. The summed E-state index contributed by atoms with van der Waals surface area (Å²) in [5, 5.41) is 15.9. The normalized spacial score (nSPS) is 16.4. The zero-order chi connectivity index (χ0) is 26.6. The number of pyridine rings is 1. The van der Waals surface area contributed by atoms with Gasteiger partial charge in [0.05, 0.1) is 9.93 Å². The molecule has 0 saturated carbocycles. The van der Waals surface area contributed by atoms with Gasteiger partial charge in [0.25, 0.3) is 5.91 Å². The maximum atomic E-state index is 13.6. The van der Waals surface area contributed by atoms with E-state index in [-0.39, 0.29) is 23.3 Å². The van der Waals surface area contributed by atoms with Gasteiger partial charge in [0.15, 0.2) is 0 Å². The number of anilines is 2. The summed E-state index contributed by atoms with van der Waals surface area (Å²) in [4.78, 5) is 50.6. The molecule has 2 fully saturated rings. The van der Waals surface area contributed by atoms with Crippen molar-refractivity contribution >= 4 is 40.5 Å². The van der Waals surface area contributed by atoms with Crippen molar-refractivity contribution in [3.63, 3.8) is 0 Å². The summed E-state index contributed by atoms with van der Waals surface area (Å²) < 4.78 is 13.6. The van der Waals surface area contributed by atoms with Crippen LogP contribution >= 0.6 is 11.3 Å². The predicted molar refractivity (Wildman–Crippen MR) is 140 cm³/mol. The van der Waals surface area contributed by atoms with Gasteiger partial charge in [0, 0.05) is 68.5 Å². The quantitative estimate of drug-likeness (QED) is 0.384. The van der Waals surface area contributed by atoms with Gasteiger partial charge in [0.1, 0.15) is 11.5 Å². The number of benzene rings is 1. The van der Waals surface area contributed by atoms with Crippen molar-refractivity contribution in [3.05, 3.63) is 74.6 Å². The Balaban J connectivity index is 1.12. The van der Waals surface area contributed by atoms with E-state index in [9.17, 15) is 24.1 Å². The molecule has 3 amide bonds. The molecule has 2 aromatic heterocycles. The van der Waals surface area contributed by atoms with Crippen LogP contribution in [0.25, 0.3) is 0 Å². The van der Waals surface area contributed by atoms with Crippen LogP contribution in [0.2, 0.25) is 0 Å². The Kier molecular flexibility index (Phi) is 7.45. The predicted octanol–water partition coefficient (Wildman–Crippen LogP) is 3.96. The summed E-state index contributed by atoms with van der Waals surface area (Å²) in [5.74, 6) is -0.430. The molecule has 38 heavy (non-hydrogen) atoms. The number of hydrogen-bond donors (Lipinski definition) is 1. The second kappa shape index (κ2) is 11.1. The summed E-state index contributed by atoms with van der Waals surface area (Å²) in [7, 11) is 0. The van der Waals surface area contributed by atoms with Crippen molar-refractivity contribution in [2.24, 2.45) is 0 Å². The van der Waals surface area contributed by atoms with Crippen molar-refractivity contribution in [2.45, 2.75) is 18.8 Å². The van der Waals surface area contributed by atoms with Crippen molar-refractivity contribution in [1.29, 1.82) is 0 Å². The number of nitrogens with one attached hydrogen (secondary N) is 1. The summed E-state index contributed by atoms with van der Waals surface area (Å²) >= 11 is 1.38. The molecule has 0 spiro atoms. The second-order valence-electron chi connectivity index (χ2n) is 9.15. The third-order valence-corrected chi connectivity index (χ3v) is 7.80. The molecule has 0 unspecified atom stereocenters. The number of carbonyl (C=O) groups excluding carboxylic acids is 2. The number of urea groups is 1. The van der Waals surface area contributed by atoms with Crippen LogP contribution in [-0.4, -0.2) is 75.9 Å². The number of rotatable bonds is 5. The third kappa shape index (κ3) is 5.57. The third-order valence-electron chi connectivity index (χ3n) is 6.79. The van der Waals surface area contributed by atoms with Crippen LogP contribution in [0, 0.1) is 15.9 Å². The fourth-order valence-electron chi connectivity index (χ4n) is 4.69. The monoisotopic (exact) mass is 539 g/mol. The van der Waals surface area contributed by atoms with E-state index in [1.54, 1.807) is 11.6 Å². The van der Waals surface area contributed by atoms with Crippen LogP contribution in [0.4, 0.5) is 26.4 Å². The van der Waals surface area contributed by atoms with E-state index in [4.69, 9.17) is 0 Å². The molecular formula is C25H26FN7O4S. The second-order valence-corrected chi connectivity index (χ2v) is 10.0. The van der Waals surface area contributed by atoms with Crippen LogP contribution in [-0.2, 0) is 0 Å². The number of nitro benzene ring substituents is 1. The topological polar surface area (TPSA) is 125 Å². The highest BCUT2D eigenvalue weighted by atomic mass is 32.1. The summed E-state index contributed by atoms with van der Waals surface area (Å²) in [5.41, 5.74) is -0.398. The van der Waals surface area contributed by atoms with Gasteiger partial charge in [0.2, 0.25) is 5.82 Å². The number of nitrogens with zero attached hydrogens (tertiary/aromatic N) is 6. The minimum Gasteiger partial charge on any atom is -0.353 e. The highest BCUT2D eigenvalue weighted by Gasteiger charge is 2.30. The number of amides is 3. The van der Waals surface area contributed by atoms with Gasteiger partial charge in [-0.2, -0.15) is 4.39 Å². The minimum absolute atomic E-state index is 0.0525. The highest BCUT2D eigenvalue weighted by molar-refractivity contribution is 7.10. The molecule has 1 aromatic carbocycles. The molecule has 198 valence electrons. The molecule has 13 heteroatoms. The Bertz CT molecular complexity index is 1320. The van der Waals surface area contributed by atoms with Gasteiger partial charge in [-0.25, -0.2) is 14.8 Å². The molecule has 5 rings (SSSR count). The Hall–Kier alpha value is -4.13. The van der Waals surface area contributed by atoms with Crippen LogP contribution in [0.15, 0.2) is 48.0 Å². The number of halogens is 1. The van der Waals surface area contributed by atoms with Gasteiger partial charge >= 0.3 is 11.7 Å². The molecule has 11 nitrogen and oxygen atoms in total. The van der Waals surface area contributed by atoms with E-state index in [1.807, 2.05) is 28.0 Å². The van der Waals surface area contributed by atoms with Crippen LogP contribution in [0.5, 0.6) is 0 Å². The lowest BCUT2D eigenvalue weighted by atomic mass is 9.98. The molecule has 0 radical (unpaired) electrons. The number of aromatic nitrogens is 2. The fourth-order valence-corrected chi connectivity index (χ4v) is 5.66. The fraction of sp³-hybridized carbons (Fsp3) is 0.360. The number of likely N-dealkylation sites (tertiary alicyclic amines) is 1. The van der Waals surface area contributed by atoms with Crippen molar-refractivity contribution in [2.75, 3.05) is 49.5 Å². The SMILES string of the molecule is O=C(Nc1ccc(F)c([N+](=O)[O-])c1)c1csc(C2CCN(C(=O)N3CCN(c4ccccn4)CC3)CC2)n1. The van der Waals surface area contributed by atoms with E-state index in [0.29, 0.717) is 26.2 Å². The number of piperazine rings is 1. The summed E-state index contributed by atoms with van der Waals surface area (Å²) in [6.45, 7) is 4.02. The Labute approximate surface area is 222 Å². The first-order chi connectivity index (χ1) is 18.4. The molecule has 0 aliphatic carbocycles. The standard InChI is InChI=1S/C25H26FN7O4S/c26-19-5-4-18(15-21(19)33(36)37)28-23(34)20-16-38-24(29-20)17-6-9-31(10-7-17)25(35)32-13-11-30(12-14-32)22-3-1-2-8-27-22/h1-5,8,15-17H,6-7,9-14H2,(H,28,34). The average molecular weight is 540 g/mol. The smallest absolute Gasteiger partial charge is 0.320 e. The number of carbonyl (C=O) groups is 2. The number of thiazole rings is 1. The van der Waals surface area contributed by atoms with Gasteiger partial charge in [-0.05, 0) is 37.1 Å². The molecule has 3 aromatic rings. The van der Waals surface area contributed by atoms with Crippen molar-refractivity contribution < 1.29 is 18.9 Å². The first kappa shape index (κ1) is 25.5. The van der Waals surface area contributed by atoms with E-state index in [2.05, 4.69) is 20.2 Å². The first-order valence-electron chi connectivity index (χ1n) is 12.3. The Morgan fingerprint density at radius 3 is 2.47 bits per heavy atom. The molecule has 4 heterocycles. The highest BCUT2D eigenvalue weighted by Crippen LogP contribution is 2.31. The lowest BCUT2D eigenvalue weighted by Gasteiger charge is -2.39. The van der Waals surface area contributed by atoms with Gasteiger partial charge in [-0.3, -0.25) is 14.9 Å². The minimum atomic E-state index is -0.972. The van der Waals surface area contributed by atoms with E-state index in [1.165, 1.54) is 17.4 Å². The maximum Gasteiger partial charge on any atom is 0.320 e. The zero-order valence-electron chi connectivity index (χ0n) is 20.5. The molecule has 0 atom stereocenters. The van der Waals surface area contributed by atoms with Crippen LogP contribution in [0.1, 0.15) is 34.3 Å². The van der Waals surface area contributed by atoms with Crippen molar-refractivity contribution in [3.8, 4) is 0 Å². The van der Waals surface area contributed by atoms with Crippen LogP contribution < -0.4 is 10.2 Å². The van der Waals surface area contributed by atoms with Gasteiger partial charge < -0.3 is 20.0 Å². The van der Waals surface area contributed by atoms with Gasteiger partial charge in [-0.1, -0.05) is 6.07 Å². The summed E-state index contributed by atoms with van der Waals surface area (Å²) in [6, 6.07) is 9.06. The lowest BCUT2D eigenvalue weighted by Crippen LogP contribution is -2.54. The Morgan fingerprint density at radius 2 is 1.79 bits per heavy atom. The van der Waals surface area contributed by atoms with Crippen LogP contribution in [0.3, 0.4) is 0 Å². The van der Waals surface area contributed by atoms with E-state index in [0.717, 1.165) is 48.9 Å². The molecule has 1 N–H and O–H groups in total. The Morgan fingerprint density at radius 1 is 1.05 bits per heavy atom. The number of piperidine rings is 1.